The molecule has 0 radical (unpaired) electrons. The first kappa shape index (κ1) is 15.8. The number of rotatable bonds is 5. The van der Waals surface area contributed by atoms with Crippen LogP contribution in [0.1, 0.15) is 25.8 Å². The van der Waals surface area contributed by atoms with E-state index in [1.165, 1.54) is 6.21 Å². The van der Waals surface area contributed by atoms with Crippen molar-refractivity contribution in [1.29, 1.82) is 0 Å². The number of nitrogens with one attached hydrogen (secondary N) is 1. The smallest absolute Gasteiger partial charge is 0.346 e. The molecule has 1 aliphatic rings. The van der Waals surface area contributed by atoms with Gasteiger partial charge >= 0.3 is 6.03 Å². The van der Waals surface area contributed by atoms with Crippen LogP contribution in [-0.4, -0.2) is 35.8 Å². The molecule has 1 aromatic carbocycles. The zero-order valence-electron chi connectivity index (χ0n) is 12.9. The van der Waals surface area contributed by atoms with Crippen LogP contribution in [0.4, 0.5) is 4.79 Å². The summed E-state index contributed by atoms with van der Waals surface area (Å²) in [5, 5.41) is 7.41. The first-order valence-corrected chi connectivity index (χ1v) is 7.02. The maximum absolute atomic E-state index is 12.1. The number of amides is 3. The van der Waals surface area contributed by atoms with Gasteiger partial charge in [0.05, 0.1) is 7.11 Å². The maximum atomic E-state index is 12.1. The molecule has 3 amide bonds. The lowest BCUT2D eigenvalue weighted by Crippen LogP contribution is -2.42. The SMILES string of the molecule is CC[C@@]1(C)NC(=O)N(/N=C\C=C\c2ccccc2OC)C1=O. The van der Waals surface area contributed by atoms with Gasteiger partial charge in [0.25, 0.3) is 5.91 Å². The van der Waals surface area contributed by atoms with Gasteiger partial charge in [0.2, 0.25) is 0 Å². The number of hydrogen-bond acceptors (Lipinski definition) is 4. The molecule has 0 unspecified atom stereocenters. The van der Waals surface area contributed by atoms with Crippen LogP contribution in [0, 0.1) is 0 Å². The second kappa shape index (κ2) is 6.43. The topological polar surface area (TPSA) is 71.0 Å². The average molecular weight is 301 g/mol. The van der Waals surface area contributed by atoms with Gasteiger partial charge in [-0.3, -0.25) is 4.79 Å². The molecule has 0 bridgehead atoms. The van der Waals surface area contributed by atoms with Crippen LogP contribution in [0.25, 0.3) is 6.08 Å². The van der Waals surface area contributed by atoms with Crippen molar-refractivity contribution in [2.24, 2.45) is 5.10 Å². The van der Waals surface area contributed by atoms with Crippen LogP contribution in [0.2, 0.25) is 0 Å². The van der Waals surface area contributed by atoms with Gasteiger partial charge in [-0.2, -0.15) is 5.10 Å². The van der Waals surface area contributed by atoms with Crippen molar-refractivity contribution < 1.29 is 14.3 Å². The fraction of sp³-hybridized carbons (Fsp3) is 0.312. The lowest BCUT2D eigenvalue weighted by Gasteiger charge is -2.17. The molecular formula is C16H19N3O3. The van der Waals surface area contributed by atoms with Gasteiger partial charge in [-0.25, -0.2) is 4.79 Å². The van der Waals surface area contributed by atoms with Gasteiger partial charge in [-0.1, -0.05) is 25.1 Å². The zero-order valence-corrected chi connectivity index (χ0v) is 12.9. The molecule has 1 aliphatic heterocycles. The van der Waals surface area contributed by atoms with E-state index in [4.69, 9.17) is 4.74 Å². The Labute approximate surface area is 129 Å². The van der Waals surface area contributed by atoms with E-state index in [9.17, 15) is 9.59 Å². The molecule has 0 aromatic heterocycles. The fourth-order valence-corrected chi connectivity index (χ4v) is 2.07. The predicted octanol–water partition coefficient (Wildman–Crippen LogP) is 2.41. The van der Waals surface area contributed by atoms with E-state index < -0.39 is 11.6 Å². The minimum absolute atomic E-state index is 0.345. The van der Waals surface area contributed by atoms with E-state index in [0.29, 0.717) is 6.42 Å². The minimum atomic E-state index is -0.874. The Hall–Kier alpha value is -2.63. The molecular weight excluding hydrogens is 282 g/mol. The van der Waals surface area contributed by atoms with Crippen molar-refractivity contribution in [3.8, 4) is 5.75 Å². The summed E-state index contributed by atoms with van der Waals surface area (Å²) in [6, 6.07) is 7.01. The number of benzene rings is 1. The van der Waals surface area contributed by atoms with Crippen molar-refractivity contribution in [3.63, 3.8) is 0 Å². The number of nitrogens with zero attached hydrogens (tertiary/aromatic N) is 2. The molecule has 0 aliphatic carbocycles. The second-order valence-corrected chi connectivity index (χ2v) is 5.10. The summed E-state index contributed by atoms with van der Waals surface area (Å²) in [5.74, 6) is 0.391. The van der Waals surface area contributed by atoms with Crippen molar-refractivity contribution in [2.75, 3.05) is 7.11 Å². The second-order valence-electron chi connectivity index (χ2n) is 5.10. The highest BCUT2D eigenvalue weighted by atomic mass is 16.5. The number of carbonyl (C=O) groups excluding carboxylic acids is 2. The average Bonchev–Trinajstić information content (AvgIpc) is 2.75. The number of para-hydroxylation sites is 1. The van der Waals surface area contributed by atoms with Gasteiger partial charge in [0.1, 0.15) is 11.3 Å². The van der Waals surface area contributed by atoms with E-state index >= 15 is 0 Å². The molecule has 116 valence electrons. The predicted molar refractivity (Wildman–Crippen MR) is 84.6 cm³/mol. The van der Waals surface area contributed by atoms with Gasteiger partial charge in [-0.15, -0.1) is 5.01 Å². The van der Waals surface area contributed by atoms with Crippen LogP contribution in [-0.2, 0) is 4.79 Å². The lowest BCUT2D eigenvalue weighted by molar-refractivity contribution is -0.130. The van der Waals surface area contributed by atoms with E-state index in [0.717, 1.165) is 16.3 Å². The number of allylic oxidation sites excluding steroid dienone is 1. The third-order valence-corrected chi connectivity index (χ3v) is 3.63. The Kier molecular flexibility index (Phi) is 4.60. The number of carbonyl (C=O) groups is 2. The first-order valence-electron chi connectivity index (χ1n) is 7.02. The Bertz CT molecular complexity index is 639. The van der Waals surface area contributed by atoms with Crippen LogP contribution >= 0.6 is 0 Å². The largest absolute Gasteiger partial charge is 0.496 e. The monoisotopic (exact) mass is 301 g/mol. The summed E-state index contributed by atoms with van der Waals surface area (Å²) in [6.07, 6.45) is 5.37. The van der Waals surface area contributed by atoms with E-state index in [2.05, 4.69) is 10.4 Å². The van der Waals surface area contributed by atoms with Crippen molar-refractivity contribution in [3.05, 3.63) is 35.9 Å². The molecule has 1 heterocycles. The van der Waals surface area contributed by atoms with Crippen LogP contribution in [0.15, 0.2) is 35.4 Å². The number of imide groups is 1. The summed E-state index contributed by atoms with van der Waals surface area (Å²) < 4.78 is 5.23. The molecule has 1 N–H and O–H groups in total. The standard InChI is InChI=1S/C16H19N3O3/c1-4-16(2)14(20)19(15(21)18-16)17-11-7-9-12-8-5-6-10-13(12)22-3/h5-11H,4H2,1-3H3,(H,18,21)/b9-7+,17-11-/t16-/m1/s1. The van der Waals surface area contributed by atoms with Gasteiger partial charge < -0.3 is 10.1 Å². The summed E-state index contributed by atoms with van der Waals surface area (Å²) in [6.45, 7) is 3.53. The molecule has 1 fully saturated rings. The zero-order chi connectivity index (χ0) is 16.2. The summed E-state index contributed by atoms with van der Waals surface area (Å²) in [7, 11) is 1.60. The number of hydrogen-bond donors (Lipinski definition) is 1. The van der Waals surface area contributed by atoms with Gasteiger partial charge in [0, 0.05) is 11.8 Å². The summed E-state index contributed by atoms with van der Waals surface area (Å²) in [4.78, 5) is 23.9. The normalized spacial score (nSPS) is 21.9. The number of hydrazone groups is 1. The van der Waals surface area contributed by atoms with Crippen molar-refractivity contribution in [1.82, 2.24) is 10.3 Å². The quantitative estimate of drug-likeness (QED) is 0.670. The molecule has 2 rings (SSSR count). The third kappa shape index (κ3) is 3.00. The van der Waals surface area contributed by atoms with E-state index in [1.807, 2.05) is 31.2 Å². The molecule has 6 nitrogen and oxygen atoms in total. The van der Waals surface area contributed by atoms with Gasteiger partial charge in [0.15, 0.2) is 0 Å². The highest BCUT2D eigenvalue weighted by Gasteiger charge is 2.46. The van der Waals surface area contributed by atoms with Crippen LogP contribution in [0.5, 0.6) is 5.75 Å². The Morgan fingerprint density at radius 2 is 2.09 bits per heavy atom. The van der Waals surface area contributed by atoms with E-state index in [-0.39, 0.29) is 5.91 Å². The van der Waals surface area contributed by atoms with E-state index in [1.54, 1.807) is 26.2 Å². The Morgan fingerprint density at radius 1 is 1.36 bits per heavy atom. The highest BCUT2D eigenvalue weighted by Crippen LogP contribution is 2.21. The van der Waals surface area contributed by atoms with Crippen LogP contribution in [0.3, 0.4) is 0 Å². The Morgan fingerprint density at radius 3 is 2.73 bits per heavy atom. The molecule has 6 heteroatoms. The van der Waals surface area contributed by atoms with Crippen molar-refractivity contribution >= 4 is 24.2 Å². The summed E-state index contributed by atoms with van der Waals surface area (Å²) >= 11 is 0. The Balaban J connectivity index is 2.08. The number of urea groups is 1. The molecule has 0 spiro atoms. The van der Waals surface area contributed by atoms with Crippen LogP contribution < -0.4 is 10.1 Å². The fourth-order valence-electron chi connectivity index (χ4n) is 2.07. The first-order chi connectivity index (χ1) is 10.5. The number of ether oxygens (including phenoxy) is 1. The molecule has 0 saturated carbocycles. The summed E-state index contributed by atoms with van der Waals surface area (Å²) in [5.41, 5.74) is 0.00731. The molecule has 1 saturated heterocycles. The molecule has 1 atom stereocenters. The van der Waals surface area contributed by atoms with Crippen molar-refractivity contribution in [2.45, 2.75) is 25.8 Å². The third-order valence-electron chi connectivity index (χ3n) is 3.63. The maximum Gasteiger partial charge on any atom is 0.346 e. The van der Waals surface area contributed by atoms with Gasteiger partial charge in [-0.05, 0) is 31.6 Å². The highest BCUT2D eigenvalue weighted by molar-refractivity contribution is 6.07. The minimum Gasteiger partial charge on any atom is -0.496 e. The molecule has 22 heavy (non-hydrogen) atoms. The number of methoxy groups -OCH3 is 1. The molecule has 1 aromatic rings. The lowest BCUT2D eigenvalue weighted by atomic mass is 10.00.